The van der Waals surface area contributed by atoms with E-state index in [-0.39, 0.29) is 22.7 Å². The van der Waals surface area contributed by atoms with Crippen LogP contribution >= 0.6 is 11.6 Å². The van der Waals surface area contributed by atoms with Crippen LogP contribution in [0.25, 0.3) is 11.3 Å². The standard InChI is InChI=1S/C25H24ClF2N5O/c1-16-23(24(26)33(31-16)15-17-8-10-19(27)11-9-17)25(34)32(2)12-4-7-21-14-22(30-29-21)18-5-3-6-20(28)13-18/h3,5-6,8-11,13-14H,4,7,12,15H2,1-2H3,(H,29,30). The average Bonchev–Trinajstić information content (AvgIpc) is 3.39. The molecule has 1 amide bonds. The predicted molar refractivity (Wildman–Crippen MR) is 127 cm³/mol. The Kier molecular flexibility index (Phi) is 7.07. The van der Waals surface area contributed by atoms with Crippen LogP contribution in [-0.2, 0) is 13.0 Å². The van der Waals surface area contributed by atoms with E-state index in [1.807, 2.05) is 6.07 Å². The van der Waals surface area contributed by atoms with Crippen molar-refractivity contribution in [3.63, 3.8) is 0 Å². The van der Waals surface area contributed by atoms with Crippen molar-refractivity contribution in [3.8, 4) is 11.3 Å². The Morgan fingerprint density at radius 1 is 1.12 bits per heavy atom. The van der Waals surface area contributed by atoms with Crippen LogP contribution in [0.1, 0.15) is 33.7 Å². The number of carbonyl (C=O) groups excluding carboxylic acids is 1. The third-order valence-electron chi connectivity index (χ3n) is 5.56. The van der Waals surface area contributed by atoms with Crippen LogP contribution in [0.4, 0.5) is 8.78 Å². The second kappa shape index (κ2) is 10.2. The number of halogens is 3. The van der Waals surface area contributed by atoms with E-state index in [2.05, 4.69) is 15.3 Å². The summed E-state index contributed by atoms with van der Waals surface area (Å²) in [5, 5.41) is 11.9. The Bertz CT molecular complexity index is 1300. The normalized spacial score (nSPS) is 11.1. The molecule has 9 heteroatoms. The van der Waals surface area contributed by atoms with Gasteiger partial charge in [0.1, 0.15) is 16.8 Å². The maximum Gasteiger partial charge on any atom is 0.258 e. The van der Waals surface area contributed by atoms with Crippen molar-refractivity contribution in [2.75, 3.05) is 13.6 Å². The fourth-order valence-corrected chi connectivity index (χ4v) is 4.06. The van der Waals surface area contributed by atoms with Crippen LogP contribution in [0.15, 0.2) is 54.6 Å². The van der Waals surface area contributed by atoms with Gasteiger partial charge in [0.05, 0.1) is 23.5 Å². The molecule has 176 valence electrons. The van der Waals surface area contributed by atoms with E-state index in [0.717, 1.165) is 11.3 Å². The molecule has 0 unspecified atom stereocenters. The topological polar surface area (TPSA) is 66.8 Å². The van der Waals surface area contributed by atoms with E-state index in [0.29, 0.717) is 48.4 Å². The smallest absolute Gasteiger partial charge is 0.258 e. The molecule has 0 saturated heterocycles. The molecule has 0 radical (unpaired) electrons. The molecule has 1 N–H and O–H groups in total. The number of aromatic nitrogens is 4. The number of carbonyl (C=O) groups is 1. The molecule has 2 aromatic heterocycles. The van der Waals surface area contributed by atoms with Gasteiger partial charge in [-0.25, -0.2) is 13.5 Å². The molecular weight excluding hydrogens is 460 g/mol. The lowest BCUT2D eigenvalue weighted by Crippen LogP contribution is -2.28. The number of H-pyrrole nitrogens is 1. The van der Waals surface area contributed by atoms with Crippen molar-refractivity contribution in [2.45, 2.75) is 26.3 Å². The van der Waals surface area contributed by atoms with Crippen molar-refractivity contribution in [3.05, 3.63) is 93.9 Å². The van der Waals surface area contributed by atoms with E-state index in [1.54, 1.807) is 47.8 Å². The highest BCUT2D eigenvalue weighted by Gasteiger charge is 2.23. The largest absolute Gasteiger partial charge is 0.342 e. The van der Waals surface area contributed by atoms with Gasteiger partial charge in [0, 0.05) is 24.8 Å². The van der Waals surface area contributed by atoms with Crippen molar-refractivity contribution >= 4 is 17.5 Å². The second-order valence-electron chi connectivity index (χ2n) is 8.15. The molecule has 4 rings (SSSR count). The Morgan fingerprint density at radius 2 is 1.88 bits per heavy atom. The molecule has 0 atom stereocenters. The fraction of sp³-hybridized carbons (Fsp3) is 0.240. The fourth-order valence-electron chi connectivity index (χ4n) is 3.75. The Hall–Kier alpha value is -3.52. The van der Waals surface area contributed by atoms with Crippen molar-refractivity contribution < 1.29 is 13.6 Å². The minimum atomic E-state index is -0.315. The van der Waals surface area contributed by atoms with Gasteiger partial charge >= 0.3 is 0 Å². The summed E-state index contributed by atoms with van der Waals surface area (Å²) < 4.78 is 28.1. The van der Waals surface area contributed by atoms with Gasteiger partial charge in [-0.2, -0.15) is 10.2 Å². The van der Waals surface area contributed by atoms with E-state index < -0.39 is 0 Å². The van der Waals surface area contributed by atoms with E-state index in [9.17, 15) is 13.6 Å². The predicted octanol–water partition coefficient (Wildman–Crippen LogP) is 5.27. The van der Waals surface area contributed by atoms with Gasteiger partial charge < -0.3 is 4.90 Å². The molecular formula is C25H24ClF2N5O. The van der Waals surface area contributed by atoms with Crippen LogP contribution in [0.3, 0.4) is 0 Å². The van der Waals surface area contributed by atoms with Crippen molar-refractivity contribution in [1.29, 1.82) is 0 Å². The number of hydrogen-bond acceptors (Lipinski definition) is 3. The van der Waals surface area contributed by atoms with Gasteiger partial charge in [0.2, 0.25) is 0 Å². The summed E-state index contributed by atoms with van der Waals surface area (Å²) in [4.78, 5) is 14.7. The van der Waals surface area contributed by atoms with Gasteiger partial charge in [-0.1, -0.05) is 35.9 Å². The van der Waals surface area contributed by atoms with Gasteiger partial charge in [-0.15, -0.1) is 0 Å². The average molecular weight is 484 g/mol. The molecule has 0 bridgehead atoms. The summed E-state index contributed by atoms with van der Waals surface area (Å²) in [5.41, 5.74) is 4.02. The summed E-state index contributed by atoms with van der Waals surface area (Å²) in [6.07, 6.45) is 1.38. The Labute approximate surface area is 201 Å². The summed E-state index contributed by atoms with van der Waals surface area (Å²) in [6.45, 7) is 2.59. The monoisotopic (exact) mass is 483 g/mol. The SMILES string of the molecule is Cc1nn(Cc2ccc(F)cc2)c(Cl)c1C(=O)N(C)CCCc1cc(-c2cccc(F)c2)n[nH]1. The van der Waals surface area contributed by atoms with Gasteiger partial charge in [0.15, 0.2) is 0 Å². The van der Waals surface area contributed by atoms with E-state index >= 15 is 0 Å². The molecule has 0 spiro atoms. The van der Waals surface area contributed by atoms with Gasteiger partial charge in [-0.05, 0) is 55.7 Å². The molecule has 0 aliphatic carbocycles. The summed E-state index contributed by atoms with van der Waals surface area (Å²) in [5.74, 6) is -0.834. The minimum Gasteiger partial charge on any atom is -0.342 e. The summed E-state index contributed by atoms with van der Waals surface area (Å²) >= 11 is 6.49. The zero-order valence-electron chi connectivity index (χ0n) is 18.9. The van der Waals surface area contributed by atoms with Crippen molar-refractivity contribution in [1.82, 2.24) is 24.9 Å². The maximum atomic E-state index is 13.4. The zero-order chi connectivity index (χ0) is 24.2. The lowest BCUT2D eigenvalue weighted by atomic mass is 10.1. The quantitative estimate of drug-likeness (QED) is 0.371. The third kappa shape index (κ3) is 5.34. The number of amides is 1. The first-order valence-corrected chi connectivity index (χ1v) is 11.2. The maximum absolute atomic E-state index is 13.4. The first-order chi connectivity index (χ1) is 16.3. The van der Waals surface area contributed by atoms with E-state index in [4.69, 9.17) is 11.6 Å². The Balaban J connectivity index is 1.36. The van der Waals surface area contributed by atoms with E-state index in [1.165, 1.54) is 24.3 Å². The summed E-state index contributed by atoms with van der Waals surface area (Å²) in [6, 6.07) is 14.2. The molecule has 0 fully saturated rings. The third-order valence-corrected chi connectivity index (χ3v) is 5.95. The lowest BCUT2D eigenvalue weighted by Gasteiger charge is -2.17. The first kappa shape index (κ1) is 23.6. The van der Waals surface area contributed by atoms with Crippen LogP contribution < -0.4 is 0 Å². The highest BCUT2D eigenvalue weighted by Crippen LogP contribution is 2.23. The van der Waals surface area contributed by atoms with Crippen LogP contribution in [-0.4, -0.2) is 44.4 Å². The number of rotatable bonds is 8. The number of nitrogens with zero attached hydrogens (tertiary/aromatic N) is 4. The van der Waals surface area contributed by atoms with Crippen LogP contribution in [0, 0.1) is 18.6 Å². The minimum absolute atomic E-state index is 0.210. The highest BCUT2D eigenvalue weighted by molar-refractivity contribution is 6.33. The number of aromatic amines is 1. The zero-order valence-corrected chi connectivity index (χ0v) is 19.6. The number of nitrogens with one attached hydrogen (secondary N) is 1. The summed E-state index contributed by atoms with van der Waals surface area (Å²) in [7, 11) is 1.72. The van der Waals surface area contributed by atoms with Gasteiger partial charge in [0.25, 0.3) is 5.91 Å². The van der Waals surface area contributed by atoms with Crippen LogP contribution in [0.2, 0.25) is 5.15 Å². The number of aryl methyl sites for hydroxylation is 2. The van der Waals surface area contributed by atoms with Gasteiger partial charge in [-0.3, -0.25) is 9.89 Å². The van der Waals surface area contributed by atoms with Crippen LogP contribution in [0.5, 0.6) is 0 Å². The number of hydrogen-bond donors (Lipinski definition) is 1. The first-order valence-electron chi connectivity index (χ1n) is 10.8. The molecule has 2 heterocycles. The molecule has 0 saturated carbocycles. The highest BCUT2D eigenvalue weighted by atomic mass is 35.5. The van der Waals surface area contributed by atoms with Crippen molar-refractivity contribution in [2.24, 2.45) is 0 Å². The molecule has 2 aromatic carbocycles. The molecule has 4 aromatic rings. The molecule has 34 heavy (non-hydrogen) atoms. The molecule has 0 aliphatic heterocycles. The Morgan fingerprint density at radius 3 is 2.62 bits per heavy atom. The second-order valence-corrected chi connectivity index (χ2v) is 8.51. The molecule has 0 aliphatic rings. The number of benzene rings is 2. The lowest BCUT2D eigenvalue weighted by molar-refractivity contribution is 0.0793. The molecule has 6 nitrogen and oxygen atoms in total.